The lowest BCUT2D eigenvalue weighted by atomic mass is 10.2. The molecule has 1 fully saturated rings. The van der Waals surface area contributed by atoms with Crippen LogP contribution in [0.4, 0.5) is 13.2 Å². The SMILES string of the molecule is NC(=NCc1nc(C(F)(F)F)n[nH]1)NCC1CCCO1. The Morgan fingerprint density at radius 3 is 2.95 bits per heavy atom. The first-order chi connectivity index (χ1) is 9.45. The molecule has 0 spiro atoms. The molecule has 112 valence electrons. The summed E-state index contributed by atoms with van der Waals surface area (Å²) in [4.78, 5) is 7.16. The van der Waals surface area contributed by atoms with Crippen molar-refractivity contribution in [2.75, 3.05) is 13.2 Å². The first kappa shape index (κ1) is 14.6. The summed E-state index contributed by atoms with van der Waals surface area (Å²) in [6, 6.07) is 0. The van der Waals surface area contributed by atoms with Gasteiger partial charge in [0.1, 0.15) is 12.4 Å². The Balaban J connectivity index is 1.80. The van der Waals surface area contributed by atoms with E-state index in [0.717, 1.165) is 19.4 Å². The zero-order valence-corrected chi connectivity index (χ0v) is 10.6. The molecule has 0 radical (unpaired) electrons. The second-order valence-electron chi connectivity index (χ2n) is 4.32. The molecule has 20 heavy (non-hydrogen) atoms. The van der Waals surface area contributed by atoms with Gasteiger partial charge in [0.15, 0.2) is 5.96 Å². The van der Waals surface area contributed by atoms with Crippen LogP contribution in [0.2, 0.25) is 0 Å². The summed E-state index contributed by atoms with van der Waals surface area (Å²) in [6.07, 6.45) is -2.49. The van der Waals surface area contributed by atoms with E-state index in [4.69, 9.17) is 10.5 Å². The van der Waals surface area contributed by atoms with Crippen molar-refractivity contribution in [1.82, 2.24) is 20.5 Å². The molecule has 1 aromatic heterocycles. The van der Waals surface area contributed by atoms with Crippen molar-refractivity contribution in [3.8, 4) is 0 Å². The van der Waals surface area contributed by atoms with Crippen LogP contribution >= 0.6 is 0 Å². The smallest absolute Gasteiger partial charge is 0.376 e. The number of nitrogens with two attached hydrogens (primary N) is 1. The number of H-pyrrole nitrogens is 1. The minimum atomic E-state index is -4.57. The number of aromatic amines is 1. The molecule has 10 heteroatoms. The molecular formula is C10H15F3N6O. The van der Waals surface area contributed by atoms with Gasteiger partial charge in [-0.15, -0.1) is 5.10 Å². The second kappa shape index (κ2) is 6.07. The highest BCUT2D eigenvalue weighted by Crippen LogP contribution is 2.25. The van der Waals surface area contributed by atoms with E-state index in [1.807, 2.05) is 0 Å². The van der Waals surface area contributed by atoms with Gasteiger partial charge in [-0.3, -0.25) is 5.10 Å². The average molecular weight is 292 g/mol. The van der Waals surface area contributed by atoms with Crippen LogP contribution in [0, 0.1) is 0 Å². The summed E-state index contributed by atoms with van der Waals surface area (Å²) in [7, 11) is 0. The van der Waals surface area contributed by atoms with Crippen LogP contribution < -0.4 is 11.1 Å². The van der Waals surface area contributed by atoms with Crippen molar-refractivity contribution in [3.63, 3.8) is 0 Å². The average Bonchev–Trinajstić information content (AvgIpc) is 3.04. The van der Waals surface area contributed by atoms with Gasteiger partial charge in [-0.1, -0.05) is 0 Å². The highest BCUT2D eigenvalue weighted by atomic mass is 19.4. The van der Waals surface area contributed by atoms with Crippen LogP contribution in [-0.2, 0) is 17.5 Å². The standard InChI is InChI=1S/C10H15F3N6O/c11-10(12,13)8-17-7(18-19-8)5-16-9(14)15-4-6-2-1-3-20-6/h6H,1-5H2,(H3,14,15,16)(H,17,18,19). The minimum absolute atomic E-state index is 0.000749. The Morgan fingerprint density at radius 1 is 1.55 bits per heavy atom. The van der Waals surface area contributed by atoms with Crippen LogP contribution in [0.3, 0.4) is 0 Å². The molecular weight excluding hydrogens is 277 g/mol. The molecule has 2 heterocycles. The van der Waals surface area contributed by atoms with Crippen LogP contribution in [0.25, 0.3) is 0 Å². The molecule has 4 N–H and O–H groups in total. The maximum Gasteiger partial charge on any atom is 0.453 e. The fourth-order valence-electron chi connectivity index (χ4n) is 1.73. The molecule has 7 nitrogen and oxygen atoms in total. The molecule has 1 saturated heterocycles. The van der Waals surface area contributed by atoms with E-state index in [-0.39, 0.29) is 24.4 Å². The van der Waals surface area contributed by atoms with E-state index in [1.165, 1.54) is 0 Å². The zero-order valence-electron chi connectivity index (χ0n) is 10.6. The van der Waals surface area contributed by atoms with Crippen LogP contribution in [0.1, 0.15) is 24.5 Å². The van der Waals surface area contributed by atoms with Gasteiger partial charge in [-0.2, -0.15) is 13.2 Å². The highest BCUT2D eigenvalue weighted by molar-refractivity contribution is 5.77. The van der Waals surface area contributed by atoms with E-state index in [0.29, 0.717) is 6.54 Å². The number of alkyl halides is 3. The van der Waals surface area contributed by atoms with Gasteiger partial charge in [0.2, 0.25) is 0 Å². The molecule has 0 amide bonds. The third kappa shape index (κ3) is 4.08. The fraction of sp³-hybridized carbons (Fsp3) is 0.700. The normalized spacial score (nSPS) is 20.4. The molecule has 0 saturated carbocycles. The first-order valence-corrected chi connectivity index (χ1v) is 6.09. The largest absolute Gasteiger partial charge is 0.453 e. The number of hydrogen-bond acceptors (Lipinski definition) is 4. The molecule has 1 unspecified atom stereocenters. The molecule has 1 aliphatic heterocycles. The summed E-state index contributed by atoms with van der Waals surface area (Å²) < 4.78 is 42.2. The van der Waals surface area contributed by atoms with Crippen molar-refractivity contribution in [1.29, 1.82) is 0 Å². The molecule has 0 bridgehead atoms. The number of rotatable bonds is 4. The maximum absolute atomic E-state index is 12.3. The summed E-state index contributed by atoms with van der Waals surface area (Å²) >= 11 is 0. The van der Waals surface area contributed by atoms with E-state index in [1.54, 1.807) is 0 Å². The van der Waals surface area contributed by atoms with Crippen molar-refractivity contribution in [2.24, 2.45) is 10.7 Å². The topological polar surface area (TPSA) is 101 Å². The number of halogens is 3. The van der Waals surface area contributed by atoms with Crippen LogP contribution in [0.15, 0.2) is 4.99 Å². The predicted molar refractivity (Wildman–Crippen MR) is 63.7 cm³/mol. The van der Waals surface area contributed by atoms with E-state index >= 15 is 0 Å². The number of nitrogens with one attached hydrogen (secondary N) is 2. The van der Waals surface area contributed by atoms with Crippen molar-refractivity contribution in [2.45, 2.75) is 31.7 Å². The summed E-state index contributed by atoms with van der Waals surface area (Å²) in [6.45, 7) is 1.16. The second-order valence-corrected chi connectivity index (χ2v) is 4.32. The molecule has 1 aromatic rings. The Morgan fingerprint density at radius 2 is 2.35 bits per heavy atom. The van der Waals surface area contributed by atoms with Gasteiger partial charge < -0.3 is 15.8 Å². The van der Waals surface area contributed by atoms with Crippen LogP contribution in [0.5, 0.6) is 0 Å². The van der Waals surface area contributed by atoms with Gasteiger partial charge in [0.05, 0.1) is 6.10 Å². The number of aromatic nitrogens is 3. The highest BCUT2D eigenvalue weighted by Gasteiger charge is 2.35. The monoisotopic (exact) mass is 292 g/mol. The lowest BCUT2D eigenvalue weighted by Gasteiger charge is -2.10. The summed E-state index contributed by atoms with van der Waals surface area (Å²) in [5.74, 6) is -1.08. The Hall–Kier alpha value is -1.84. The van der Waals surface area contributed by atoms with Gasteiger partial charge in [0.25, 0.3) is 5.82 Å². The number of aliphatic imine (C=N–C) groups is 1. The van der Waals surface area contributed by atoms with Crippen molar-refractivity contribution in [3.05, 3.63) is 11.6 Å². The quantitative estimate of drug-likeness (QED) is 0.551. The molecule has 1 aliphatic rings. The van der Waals surface area contributed by atoms with Crippen molar-refractivity contribution < 1.29 is 17.9 Å². The first-order valence-electron chi connectivity index (χ1n) is 6.09. The molecule has 0 aromatic carbocycles. The maximum atomic E-state index is 12.3. The van der Waals surface area contributed by atoms with E-state index in [2.05, 4.69) is 25.5 Å². The van der Waals surface area contributed by atoms with Gasteiger partial charge in [-0.05, 0) is 12.8 Å². The Labute approximate surface area is 112 Å². The molecule has 2 rings (SSSR count). The third-order valence-corrected chi connectivity index (χ3v) is 2.72. The lowest BCUT2D eigenvalue weighted by molar-refractivity contribution is -0.144. The minimum Gasteiger partial charge on any atom is -0.376 e. The molecule has 1 atom stereocenters. The number of nitrogens with zero attached hydrogens (tertiary/aromatic N) is 3. The number of guanidine groups is 1. The van der Waals surface area contributed by atoms with Gasteiger partial charge in [-0.25, -0.2) is 9.98 Å². The van der Waals surface area contributed by atoms with Crippen LogP contribution in [-0.4, -0.2) is 40.4 Å². The van der Waals surface area contributed by atoms with Gasteiger partial charge in [0, 0.05) is 13.2 Å². The number of hydrogen-bond donors (Lipinski definition) is 3. The lowest BCUT2D eigenvalue weighted by Crippen LogP contribution is -2.37. The zero-order chi connectivity index (χ0) is 14.6. The Bertz CT molecular complexity index is 466. The Kier molecular flexibility index (Phi) is 4.42. The van der Waals surface area contributed by atoms with E-state index in [9.17, 15) is 13.2 Å². The summed E-state index contributed by atoms with van der Waals surface area (Å²) in [5.41, 5.74) is 5.59. The van der Waals surface area contributed by atoms with Gasteiger partial charge >= 0.3 is 6.18 Å². The summed E-state index contributed by atoms with van der Waals surface area (Å²) in [5, 5.41) is 8.08. The number of ether oxygens (including phenoxy) is 1. The van der Waals surface area contributed by atoms with E-state index < -0.39 is 12.0 Å². The van der Waals surface area contributed by atoms with Crippen molar-refractivity contribution >= 4 is 5.96 Å². The third-order valence-electron chi connectivity index (χ3n) is 2.72. The molecule has 0 aliphatic carbocycles. The predicted octanol–water partition coefficient (Wildman–Crippen LogP) is 0.407. The fourth-order valence-corrected chi connectivity index (χ4v) is 1.73.